The number of rotatable bonds is 3. The minimum atomic E-state index is -3.63. The first-order valence-corrected chi connectivity index (χ1v) is 8.91. The van der Waals surface area contributed by atoms with Crippen molar-refractivity contribution < 1.29 is 8.42 Å². The third-order valence-electron chi connectivity index (χ3n) is 3.98. The van der Waals surface area contributed by atoms with Crippen molar-refractivity contribution in [2.24, 2.45) is 0 Å². The summed E-state index contributed by atoms with van der Waals surface area (Å²) in [5.74, 6) is 0. The molecule has 2 aliphatic rings. The van der Waals surface area contributed by atoms with Gasteiger partial charge in [-0.2, -0.15) is 0 Å². The topological polar surface area (TPSA) is 58.2 Å². The number of hydrogen-bond donors (Lipinski definition) is 2. The van der Waals surface area contributed by atoms with E-state index < -0.39 is 10.0 Å². The number of fused-ring (bicyclic) bond motifs is 2. The van der Waals surface area contributed by atoms with Gasteiger partial charge >= 0.3 is 0 Å². The molecule has 0 aromatic heterocycles. The summed E-state index contributed by atoms with van der Waals surface area (Å²) in [7, 11) is -3.63. The van der Waals surface area contributed by atoms with E-state index in [1.54, 1.807) is 6.07 Å². The highest BCUT2D eigenvalue weighted by Crippen LogP contribution is 2.29. The summed E-state index contributed by atoms with van der Waals surface area (Å²) < 4.78 is 27.6. The van der Waals surface area contributed by atoms with Crippen molar-refractivity contribution in [2.45, 2.75) is 48.7 Å². The van der Waals surface area contributed by atoms with Crippen LogP contribution in [0.3, 0.4) is 0 Å². The van der Waals surface area contributed by atoms with Crippen LogP contribution >= 0.6 is 35.6 Å². The molecule has 2 bridgehead atoms. The maximum Gasteiger partial charge on any atom is 0.242 e. The van der Waals surface area contributed by atoms with E-state index in [4.69, 9.17) is 23.2 Å². The number of benzene rings is 1. The van der Waals surface area contributed by atoms with E-state index in [-0.39, 0.29) is 28.4 Å². The maximum atomic E-state index is 12.4. The third kappa shape index (κ3) is 3.84. The molecule has 0 radical (unpaired) electrons. The summed E-state index contributed by atoms with van der Waals surface area (Å²) in [5.41, 5.74) is 0. The van der Waals surface area contributed by atoms with Crippen molar-refractivity contribution in [3.05, 3.63) is 28.2 Å². The molecule has 2 N–H and O–H groups in total. The quantitative estimate of drug-likeness (QED) is 0.859. The molecule has 2 saturated heterocycles. The van der Waals surface area contributed by atoms with Crippen molar-refractivity contribution in [1.29, 1.82) is 0 Å². The molecular weight excluding hydrogens is 355 g/mol. The van der Waals surface area contributed by atoms with Crippen molar-refractivity contribution in [3.63, 3.8) is 0 Å². The zero-order valence-corrected chi connectivity index (χ0v) is 14.3. The van der Waals surface area contributed by atoms with E-state index in [1.165, 1.54) is 12.1 Å². The van der Waals surface area contributed by atoms with Gasteiger partial charge in [0.25, 0.3) is 0 Å². The van der Waals surface area contributed by atoms with Gasteiger partial charge in [0.2, 0.25) is 10.0 Å². The maximum absolute atomic E-state index is 12.4. The second-order valence-electron chi connectivity index (χ2n) is 5.50. The molecule has 2 atom stereocenters. The molecule has 3 rings (SSSR count). The molecule has 2 aliphatic heterocycles. The lowest BCUT2D eigenvalue weighted by Gasteiger charge is -2.29. The zero-order chi connectivity index (χ0) is 14.3. The van der Waals surface area contributed by atoms with E-state index in [0.29, 0.717) is 17.1 Å². The second kappa shape index (κ2) is 6.60. The van der Waals surface area contributed by atoms with Crippen LogP contribution in [-0.4, -0.2) is 26.5 Å². The Balaban J connectivity index is 0.00000161. The van der Waals surface area contributed by atoms with E-state index in [9.17, 15) is 8.42 Å². The number of halogens is 3. The van der Waals surface area contributed by atoms with Crippen LogP contribution in [0.4, 0.5) is 0 Å². The van der Waals surface area contributed by atoms with Gasteiger partial charge in [0, 0.05) is 23.1 Å². The van der Waals surface area contributed by atoms with Gasteiger partial charge in [0.1, 0.15) is 4.90 Å². The summed E-state index contributed by atoms with van der Waals surface area (Å²) in [6.45, 7) is 0. The molecule has 2 heterocycles. The first kappa shape index (κ1) is 17.3. The summed E-state index contributed by atoms with van der Waals surface area (Å²) in [4.78, 5) is 0.0533. The Kier molecular flexibility index (Phi) is 5.45. The van der Waals surface area contributed by atoms with Gasteiger partial charge in [-0.05, 0) is 43.9 Å². The molecule has 2 fully saturated rings. The third-order valence-corrected chi connectivity index (χ3v) is 6.21. The van der Waals surface area contributed by atoms with Crippen LogP contribution < -0.4 is 10.0 Å². The Bertz CT molecular complexity index is 612. The van der Waals surface area contributed by atoms with Crippen LogP contribution in [0.2, 0.25) is 10.0 Å². The van der Waals surface area contributed by atoms with Crippen LogP contribution in [0, 0.1) is 0 Å². The molecular formula is C13H17Cl3N2O2S. The van der Waals surface area contributed by atoms with Crippen LogP contribution in [0.15, 0.2) is 23.1 Å². The van der Waals surface area contributed by atoms with Gasteiger partial charge in [-0.25, -0.2) is 13.1 Å². The highest BCUT2D eigenvalue weighted by Gasteiger charge is 2.35. The predicted molar refractivity (Wildman–Crippen MR) is 87.0 cm³/mol. The molecule has 0 aliphatic carbocycles. The molecule has 0 spiro atoms. The highest BCUT2D eigenvalue weighted by molar-refractivity contribution is 7.89. The Morgan fingerprint density at radius 3 is 2.38 bits per heavy atom. The Morgan fingerprint density at radius 2 is 1.76 bits per heavy atom. The molecule has 8 heteroatoms. The molecule has 21 heavy (non-hydrogen) atoms. The van der Waals surface area contributed by atoms with Gasteiger partial charge in [0.05, 0.1) is 5.02 Å². The van der Waals surface area contributed by atoms with E-state index in [2.05, 4.69) is 10.0 Å². The highest BCUT2D eigenvalue weighted by atomic mass is 35.5. The number of nitrogens with one attached hydrogen (secondary N) is 2. The monoisotopic (exact) mass is 370 g/mol. The van der Waals surface area contributed by atoms with E-state index in [0.717, 1.165) is 25.7 Å². The number of piperidine rings is 1. The Hall–Kier alpha value is -0.0400. The van der Waals surface area contributed by atoms with Crippen molar-refractivity contribution in [2.75, 3.05) is 0 Å². The van der Waals surface area contributed by atoms with Crippen molar-refractivity contribution in [3.8, 4) is 0 Å². The molecule has 0 amide bonds. The van der Waals surface area contributed by atoms with Crippen LogP contribution in [0.25, 0.3) is 0 Å². The Morgan fingerprint density at radius 1 is 1.14 bits per heavy atom. The predicted octanol–water partition coefficient (Wildman–Crippen LogP) is 2.98. The number of sulfonamides is 1. The first-order chi connectivity index (χ1) is 9.44. The van der Waals surface area contributed by atoms with Gasteiger partial charge in [0.15, 0.2) is 0 Å². The molecule has 4 nitrogen and oxygen atoms in total. The van der Waals surface area contributed by atoms with Crippen LogP contribution in [0.1, 0.15) is 25.7 Å². The van der Waals surface area contributed by atoms with Crippen molar-refractivity contribution >= 4 is 45.6 Å². The summed E-state index contributed by atoms with van der Waals surface area (Å²) in [6.07, 6.45) is 3.91. The molecule has 118 valence electrons. The van der Waals surface area contributed by atoms with E-state index in [1.807, 2.05) is 0 Å². The lowest BCUT2D eigenvalue weighted by molar-refractivity contribution is 0.345. The lowest BCUT2D eigenvalue weighted by atomic mass is 10.0. The fourth-order valence-electron chi connectivity index (χ4n) is 3.12. The zero-order valence-electron chi connectivity index (χ0n) is 11.2. The van der Waals surface area contributed by atoms with Crippen LogP contribution in [-0.2, 0) is 10.0 Å². The lowest BCUT2D eigenvalue weighted by Crippen LogP contribution is -2.47. The molecule has 1 aromatic carbocycles. The molecule has 0 saturated carbocycles. The second-order valence-corrected chi connectivity index (χ2v) is 8.03. The van der Waals surface area contributed by atoms with Gasteiger partial charge in [-0.3, -0.25) is 0 Å². The van der Waals surface area contributed by atoms with Gasteiger partial charge in [-0.15, -0.1) is 12.4 Å². The molecule has 2 unspecified atom stereocenters. The van der Waals surface area contributed by atoms with E-state index >= 15 is 0 Å². The van der Waals surface area contributed by atoms with Gasteiger partial charge in [-0.1, -0.05) is 23.2 Å². The standard InChI is InChI=1S/C13H16Cl2N2O2S.ClH/c14-8-1-4-12(15)13(5-8)20(18,19)17-11-6-9-2-3-10(7-11)16-9;/h1,4-5,9-11,16-17H,2-3,6-7H2;1H. The first-order valence-electron chi connectivity index (χ1n) is 6.67. The van der Waals surface area contributed by atoms with Gasteiger partial charge < -0.3 is 5.32 Å². The number of hydrogen-bond acceptors (Lipinski definition) is 3. The average Bonchev–Trinajstić information content (AvgIpc) is 2.71. The summed E-state index contributed by atoms with van der Waals surface area (Å²) >= 11 is 11.8. The normalized spacial score (nSPS) is 28.2. The largest absolute Gasteiger partial charge is 0.311 e. The van der Waals surface area contributed by atoms with Crippen LogP contribution in [0.5, 0.6) is 0 Å². The minimum Gasteiger partial charge on any atom is -0.311 e. The SMILES string of the molecule is Cl.O=S(=O)(NC1CC2CCC(C1)N2)c1cc(Cl)ccc1Cl. The average molecular weight is 372 g/mol. The summed E-state index contributed by atoms with van der Waals surface area (Å²) in [5, 5.41) is 4.04. The smallest absolute Gasteiger partial charge is 0.242 e. The van der Waals surface area contributed by atoms with Crippen molar-refractivity contribution in [1.82, 2.24) is 10.0 Å². The fourth-order valence-corrected chi connectivity index (χ4v) is 5.14. The minimum absolute atomic E-state index is 0. The molecule has 1 aromatic rings. The summed E-state index contributed by atoms with van der Waals surface area (Å²) in [6, 6.07) is 5.29. The Labute approximate surface area is 141 Å². The fraction of sp³-hybridized carbons (Fsp3) is 0.538.